The number of thioether (sulfide) groups is 1. The Morgan fingerprint density at radius 1 is 1.50 bits per heavy atom. The molecule has 1 rings (SSSR count). The van der Waals surface area contributed by atoms with Crippen LogP contribution in [0, 0.1) is 5.92 Å². The zero-order valence-corrected chi connectivity index (χ0v) is 12.6. The molecule has 0 radical (unpaired) electrons. The number of unbranched alkanes of at least 4 members (excludes halogenated alkanes) is 1. The van der Waals surface area contributed by atoms with Crippen LogP contribution in [-0.4, -0.2) is 55.3 Å². The molecule has 2 amide bonds. The van der Waals surface area contributed by atoms with Crippen LogP contribution in [0.4, 0.5) is 4.79 Å². The number of methoxy groups -OCH3 is 1. The Kier molecular flexibility index (Phi) is 7.51. The minimum absolute atomic E-state index is 0.0957. The zero-order valence-electron chi connectivity index (χ0n) is 11.8. The summed E-state index contributed by atoms with van der Waals surface area (Å²) in [5.74, 6) is 1.69. The van der Waals surface area contributed by atoms with Crippen molar-refractivity contribution in [3.63, 3.8) is 0 Å². The molecule has 106 valence electrons. The van der Waals surface area contributed by atoms with E-state index in [-0.39, 0.29) is 6.03 Å². The summed E-state index contributed by atoms with van der Waals surface area (Å²) in [6.45, 7) is 7.72. The van der Waals surface area contributed by atoms with Gasteiger partial charge in [-0.1, -0.05) is 13.8 Å². The summed E-state index contributed by atoms with van der Waals surface area (Å²) >= 11 is 1.99. The molecule has 5 heteroatoms. The fourth-order valence-corrected chi connectivity index (χ4v) is 3.24. The van der Waals surface area contributed by atoms with Crippen LogP contribution in [0.1, 0.15) is 26.7 Å². The largest absolute Gasteiger partial charge is 0.385 e. The van der Waals surface area contributed by atoms with Gasteiger partial charge in [0, 0.05) is 44.4 Å². The number of hydrogen-bond acceptors (Lipinski definition) is 3. The standard InChI is InChI=1S/C13H26N2O2S/c1-11(2)12-10-15(7-9-18-12)13(16)14-6-4-5-8-17-3/h11-12H,4-10H2,1-3H3,(H,14,16)/t12-/m1/s1. The number of urea groups is 1. The Balaban J connectivity index is 2.20. The Morgan fingerprint density at radius 3 is 2.94 bits per heavy atom. The third-order valence-corrected chi connectivity index (χ3v) is 4.72. The predicted octanol–water partition coefficient (Wildman–Crippen LogP) is 2.20. The molecule has 0 aliphatic carbocycles. The molecule has 0 unspecified atom stereocenters. The summed E-state index contributed by atoms with van der Waals surface area (Å²) in [5, 5.41) is 3.57. The molecule has 0 bridgehead atoms. The van der Waals surface area contributed by atoms with E-state index in [0.29, 0.717) is 11.2 Å². The number of nitrogens with one attached hydrogen (secondary N) is 1. The monoisotopic (exact) mass is 274 g/mol. The third kappa shape index (κ3) is 5.48. The van der Waals surface area contributed by atoms with Crippen molar-refractivity contribution in [2.45, 2.75) is 31.9 Å². The first-order valence-corrected chi connectivity index (χ1v) is 7.83. The molecule has 0 saturated carbocycles. The lowest BCUT2D eigenvalue weighted by molar-refractivity contribution is 0.187. The molecule has 18 heavy (non-hydrogen) atoms. The SMILES string of the molecule is COCCCCNC(=O)N1CCS[C@@H](C(C)C)C1. The first-order valence-electron chi connectivity index (χ1n) is 6.78. The van der Waals surface area contributed by atoms with Crippen molar-refractivity contribution in [2.75, 3.05) is 39.1 Å². The summed E-state index contributed by atoms with van der Waals surface area (Å²) in [6, 6.07) is 0.0957. The number of carbonyl (C=O) groups is 1. The molecule has 1 aliphatic heterocycles. The van der Waals surface area contributed by atoms with E-state index in [2.05, 4.69) is 19.2 Å². The van der Waals surface area contributed by atoms with Gasteiger partial charge in [0.25, 0.3) is 0 Å². The molecule has 1 fully saturated rings. The van der Waals surface area contributed by atoms with Gasteiger partial charge in [0.05, 0.1) is 0 Å². The van der Waals surface area contributed by atoms with Gasteiger partial charge in [0.1, 0.15) is 0 Å². The van der Waals surface area contributed by atoms with Gasteiger partial charge in [-0.2, -0.15) is 11.8 Å². The summed E-state index contributed by atoms with van der Waals surface area (Å²) in [7, 11) is 1.70. The molecule has 1 N–H and O–H groups in total. The van der Waals surface area contributed by atoms with E-state index in [4.69, 9.17) is 4.74 Å². The number of rotatable bonds is 6. The highest BCUT2D eigenvalue weighted by Gasteiger charge is 2.25. The minimum Gasteiger partial charge on any atom is -0.385 e. The van der Waals surface area contributed by atoms with E-state index in [1.807, 2.05) is 16.7 Å². The lowest BCUT2D eigenvalue weighted by atomic mass is 10.1. The zero-order chi connectivity index (χ0) is 13.4. The normalized spacial score (nSPS) is 20.2. The first kappa shape index (κ1) is 15.6. The summed E-state index contributed by atoms with van der Waals surface area (Å²) < 4.78 is 4.98. The Hall–Kier alpha value is -0.420. The Labute approximate surface area is 115 Å². The van der Waals surface area contributed by atoms with Crippen molar-refractivity contribution >= 4 is 17.8 Å². The lowest BCUT2D eigenvalue weighted by Gasteiger charge is -2.34. The number of amides is 2. The molecule has 0 aromatic carbocycles. The smallest absolute Gasteiger partial charge is 0.317 e. The molecule has 4 nitrogen and oxygen atoms in total. The van der Waals surface area contributed by atoms with Crippen LogP contribution in [0.3, 0.4) is 0 Å². The van der Waals surface area contributed by atoms with Crippen LogP contribution in [0.2, 0.25) is 0 Å². The molecule has 1 atom stereocenters. The number of ether oxygens (including phenoxy) is 1. The summed E-state index contributed by atoms with van der Waals surface area (Å²) in [5.41, 5.74) is 0. The molecular weight excluding hydrogens is 248 g/mol. The molecule has 0 aromatic heterocycles. The topological polar surface area (TPSA) is 41.6 Å². The minimum atomic E-state index is 0.0957. The van der Waals surface area contributed by atoms with Crippen LogP contribution in [0.25, 0.3) is 0 Å². The van der Waals surface area contributed by atoms with Gasteiger partial charge in [-0.05, 0) is 18.8 Å². The van der Waals surface area contributed by atoms with Crippen molar-refractivity contribution in [2.24, 2.45) is 5.92 Å². The highest BCUT2D eigenvalue weighted by Crippen LogP contribution is 2.24. The van der Waals surface area contributed by atoms with Gasteiger partial charge >= 0.3 is 6.03 Å². The number of hydrogen-bond donors (Lipinski definition) is 1. The van der Waals surface area contributed by atoms with Crippen molar-refractivity contribution in [1.82, 2.24) is 10.2 Å². The van der Waals surface area contributed by atoms with Crippen molar-refractivity contribution < 1.29 is 9.53 Å². The van der Waals surface area contributed by atoms with Crippen LogP contribution in [-0.2, 0) is 4.74 Å². The number of nitrogens with zero attached hydrogens (tertiary/aromatic N) is 1. The highest BCUT2D eigenvalue weighted by atomic mass is 32.2. The van der Waals surface area contributed by atoms with Gasteiger partial charge in [0.2, 0.25) is 0 Å². The quantitative estimate of drug-likeness (QED) is 0.755. The average molecular weight is 274 g/mol. The molecule has 1 aliphatic rings. The van der Waals surface area contributed by atoms with Crippen molar-refractivity contribution in [3.8, 4) is 0 Å². The molecular formula is C13H26N2O2S. The van der Waals surface area contributed by atoms with E-state index in [9.17, 15) is 4.79 Å². The van der Waals surface area contributed by atoms with Crippen LogP contribution in [0.15, 0.2) is 0 Å². The van der Waals surface area contributed by atoms with Gasteiger partial charge < -0.3 is 15.0 Å². The van der Waals surface area contributed by atoms with Crippen LogP contribution < -0.4 is 5.32 Å². The second kappa shape index (κ2) is 8.64. The second-order valence-electron chi connectivity index (χ2n) is 5.03. The molecule has 0 aromatic rings. The number of carbonyl (C=O) groups excluding carboxylic acids is 1. The van der Waals surface area contributed by atoms with Gasteiger partial charge in [-0.25, -0.2) is 4.79 Å². The maximum absolute atomic E-state index is 12.0. The van der Waals surface area contributed by atoms with E-state index >= 15 is 0 Å². The third-order valence-electron chi connectivity index (χ3n) is 3.18. The van der Waals surface area contributed by atoms with Gasteiger partial charge in [-0.3, -0.25) is 0 Å². The van der Waals surface area contributed by atoms with Crippen molar-refractivity contribution in [3.05, 3.63) is 0 Å². The molecule has 0 spiro atoms. The average Bonchev–Trinajstić information content (AvgIpc) is 2.38. The maximum atomic E-state index is 12.0. The van der Waals surface area contributed by atoms with Crippen molar-refractivity contribution in [1.29, 1.82) is 0 Å². The van der Waals surface area contributed by atoms with Gasteiger partial charge in [0.15, 0.2) is 0 Å². The Morgan fingerprint density at radius 2 is 2.28 bits per heavy atom. The summed E-state index contributed by atoms with van der Waals surface area (Å²) in [4.78, 5) is 13.9. The predicted molar refractivity (Wildman–Crippen MR) is 77.2 cm³/mol. The second-order valence-corrected chi connectivity index (χ2v) is 6.38. The van der Waals surface area contributed by atoms with Crippen LogP contribution in [0.5, 0.6) is 0 Å². The lowest BCUT2D eigenvalue weighted by Crippen LogP contribution is -2.48. The Bertz CT molecular complexity index is 249. The maximum Gasteiger partial charge on any atom is 0.317 e. The van der Waals surface area contributed by atoms with E-state index in [1.165, 1.54) is 0 Å². The molecule has 1 saturated heterocycles. The summed E-state index contributed by atoms with van der Waals surface area (Å²) in [6.07, 6.45) is 1.98. The van der Waals surface area contributed by atoms with E-state index < -0.39 is 0 Å². The fraction of sp³-hybridized carbons (Fsp3) is 0.923. The van der Waals surface area contributed by atoms with E-state index in [1.54, 1.807) is 7.11 Å². The highest BCUT2D eigenvalue weighted by molar-refractivity contribution is 8.00. The first-order chi connectivity index (χ1) is 8.65. The van der Waals surface area contributed by atoms with Crippen LogP contribution >= 0.6 is 11.8 Å². The van der Waals surface area contributed by atoms with Gasteiger partial charge in [-0.15, -0.1) is 0 Å². The fourth-order valence-electron chi connectivity index (χ4n) is 1.94. The van der Waals surface area contributed by atoms with E-state index in [0.717, 1.165) is 44.8 Å². The molecule has 1 heterocycles.